The van der Waals surface area contributed by atoms with Gasteiger partial charge in [-0.25, -0.2) is 0 Å². The van der Waals surface area contributed by atoms with Gasteiger partial charge in [0, 0.05) is 21.5 Å². The molecule has 0 aliphatic carbocycles. The van der Waals surface area contributed by atoms with Gasteiger partial charge in [0.1, 0.15) is 0 Å². The van der Waals surface area contributed by atoms with Crippen molar-refractivity contribution in [3.05, 3.63) is 68.6 Å². The molecule has 0 radical (unpaired) electrons. The summed E-state index contributed by atoms with van der Waals surface area (Å²) in [4.78, 5) is 2.31. The van der Waals surface area contributed by atoms with E-state index in [4.69, 9.17) is 5.73 Å². The second kappa shape index (κ2) is 8.08. The summed E-state index contributed by atoms with van der Waals surface area (Å²) < 4.78 is 2.21. The number of hydrogen-bond donors (Lipinski definition) is 1. The third kappa shape index (κ3) is 5.55. The molecule has 0 aromatic heterocycles. The Morgan fingerprint density at radius 3 is 2.43 bits per heavy atom. The van der Waals surface area contributed by atoms with Crippen molar-refractivity contribution in [3.63, 3.8) is 0 Å². The van der Waals surface area contributed by atoms with Gasteiger partial charge in [0.15, 0.2) is 0 Å². The first kappa shape index (κ1) is 16.7. The Morgan fingerprint density at radius 1 is 1.05 bits per heavy atom. The zero-order valence-electron chi connectivity index (χ0n) is 12.1. The van der Waals surface area contributed by atoms with E-state index in [1.807, 2.05) is 18.2 Å². The Labute approximate surface area is 143 Å². The monoisotopic (exact) mass is 410 g/mol. The van der Waals surface area contributed by atoms with E-state index in [9.17, 15) is 0 Å². The number of rotatable bonds is 6. The van der Waals surface area contributed by atoms with E-state index in [1.165, 1.54) is 11.1 Å². The minimum atomic E-state index is 0.0862. The number of benzene rings is 2. The van der Waals surface area contributed by atoms with E-state index in [0.29, 0.717) is 0 Å². The van der Waals surface area contributed by atoms with Gasteiger partial charge in [-0.1, -0.05) is 56.1 Å². The SMILES string of the molecule is CN(CCC(N)c1ccc(Br)cc1)Cc1cccc(Br)c1. The molecule has 112 valence electrons. The van der Waals surface area contributed by atoms with Crippen LogP contribution < -0.4 is 5.73 Å². The average molecular weight is 412 g/mol. The summed E-state index contributed by atoms with van der Waals surface area (Å²) in [6.07, 6.45) is 0.951. The second-order valence-electron chi connectivity index (χ2n) is 5.31. The number of nitrogens with two attached hydrogens (primary N) is 1. The van der Waals surface area contributed by atoms with E-state index in [1.54, 1.807) is 0 Å². The molecular formula is C17H20Br2N2. The lowest BCUT2D eigenvalue weighted by molar-refractivity contribution is 0.311. The first-order chi connectivity index (χ1) is 10.0. The summed E-state index contributed by atoms with van der Waals surface area (Å²) in [5.74, 6) is 0. The van der Waals surface area contributed by atoms with Crippen LogP contribution >= 0.6 is 31.9 Å². The van der Waals surface area contributed by atoms with Gasteiger partial charge in [-0.2, -0.15) is 0 Å². The van der Waals surface area contributed by atoms with Crippen molar-refractivity contribution in [3.8, 4) is 0 Å². The fourth-order valence-corrected chi connectivity index (χ4v) is 2.97. The van der Waals surface area contributed by atoms with Crippen LogP contribution in [0.15, 0.2) is 57.5 Å². The molecule has 2 aromatic rings. The van der Waals surface area contributed by atoms with Gasteiger partial charge >= 0.3 is 0 Å². The molecule has 0 amide bonds. The first-order valence-electron chi connectivity index (χ1n) is 6.98. The van der Waals surface area contributed by atoms with E-state index in [0.717, 1.165) is 28.5 Å². The predicted octanol–water partition coefficient (Wildman–Crippen LogP) is 4.73. The van der Waals surface area contributed by atoms with Crippen LogP contribution in [0, 0.1) is 0 Å². The molecule has 4 heteroatoms. The van der Waals surface area contributed by atoms with Crippen molar-refractivity contribution < 1.29 is 0 Å². The molecule has 21 heavy (non-hydrogen) atoms. The molecule has 0 saturated heterocycles. The maximum Gasteiger partial charge on any atom is 0.0307 e. The summed E-state index contributed by atoms with van der Waals surface area (Å²) in [6, 6.07) is 16.8. The summed E-state index contributed by atoms with van der Waals surface area (Å²) in [6.45, 7) is 1.91. The van der Waals surface area contributed by atoms with Crippen molar-refractivity contribution in [2.75, 3.05) is 13.6 Å². The van der Waals surface area contributed by atoms with Gasteiger partial charge in [0.05, 0.1) is 0 Å². The largest absolute Gasteiger partial charge is 0.324 e. The van der Waals surface area contributed by atoms with Crippen LogP contribution in [0.2, 0.25) is 0 Å². The topological polar surface area (TPSA) is 29.3 Å². The summed E-state index contributed by atoms with van der Waals surface area (Å²) in [5.41, 5.74) is 8.76. The zero-order chi connectivity index (χ0) is 15.2. The van der Waals surface area contributed by atoms with Crippen LogP contribution in [-0.4, -0.2) is 18.5 Å². The van der Waals surface area contributed by atoms with Crippen molar-refractivity contribution in [1.29, 1.82) is 0 Å². The molecule has 0 spiro atoms. The standard InChI is InChI=1S/C17H20Br2N2/c1-21(12-13-3-2-4-16(19)11-13)10-9-17(20)14-5-7-15(18)8-6-14/h2-8,11,17H,9-10,12,20H2,1H3. The van der Waals surface area contributed by atoms with Crippen LogP contribution in [0.3, 0.4) is 0 Å². The molecule has 1 atom stereocenters. The molecular weight excluding hydrogens is 392 g/mol. The van der Waals surface area contributed by atoms with Gasteiger partial charge in [0.2, 0.25) is 0 Å². The van der Waals surface area contributed by atoms with E-state index in [2.05, 4.69) is 74.1 Å². The average Bonchev–Trinajstić information content (AvgIpc) is 2.45. The lowest BCUT2D eigenvalue weighted by Gasteiger charge is -2.20. The molecule has 2 nitrogen and oxygen atoms in total. The van der Waals surface area contributed by atoms with Crippen molar-refractivity contribution in [1.82, 2.24) is 4.90 Å². The third-order valence-electron chi connectivity index (χ3n) is 3.46. The Balaban J connectivity index is 1.83. The van der Waals surface area contributed by atoms with Gasteiger partial charge in [-0.05, 0) is 55.4 Å². The summed E-state index contributed by atoms with van der Waals surface area (Å²) >= 11 is 6.96. The summed E-state index contributed by atoms with van der Waals surface area (Å²) in [7, 11) is 2.13. The van der Waals surface area contributed by atoms with E-state index >= 15 is 0 Å². The quantitative estimate of drug-likeness (QED) is 0.744. The molecule has 2 aromatic carbocycles. The maximum absolute atomic E-state index is 6.26. The highest BCUT2D eigenvalue weighted by Crippen LogP contribution is 2.18. The van der Waals surface area contributed by atoms with Gasteiger partial charge in [-0.15, -0.1) is 0 Å². The van der Waals surface area contributed by atoms with Crippen LogP contribution in [0.5, 0.6) is 0 Å². The molecule has 0 heterocycles. The Bertz CT molecular complexity index is 569. The Hall–Kier alpha value is -0.680. The third-order valence-corrected chi connectivity index (χ3v) is 4.48. The van der Waals surface area contributed by atoms with Gasteiger partial charge < -0.3 is 10.6 Å². The molecule has 0 fully saturated rings. The van der Waals surface area contributed by atoms with Crippen molar-refractivity contribution in [2.24, 2.45) is 5.73 Å². The molecule has 0 bridgehead atoms. The molecule has 0 aliphatic heterocycles. The molecule has 1 unspecified atom stereocenters. The minimum Gasteiger partial charge on any atom is -0.324 e. The van der Waals surface area contributed by atoms with Crippen LogP contribution in [0.4, 0.5) is 0 Å². The predicted molar refractivity (Wildman–Crippen MR) is 96.2 cm³/mol. The maximum atomic E-state index is 6.26. The Kier molecular flexibility index (Phi) is 6.42. The zero-order valence-corrected chi connectivity index (χ0v) is 15.3. The number of hydrogen-bond acceptors (Lipinski definition) is 2. The molecule has 2 N–H and O–H groups in total. The highest BCUT2D eigenvalue weighted by atomic mass is 79.9. The number of halogens is 2. The second-order valence-corrected chi connectivity index (χ2v) is 7.15. The number of nitrogens with zero attached hydrogens (tertiary/aromatic N) is 1. The van der Waals surface area contributed by atoms with E-state index in [-0.39, 0.29) is 6.04 Å². The normalized spacial score (nSPS) is 12.6. The summed E-state index contributed by atoms with van der Waals surface area (Å²) in [5, 5.41) is 0. The first-order valence-corrected chi connectivity index (χ1v) is 8.57. The smallest absolute Gasteiger partial charge is 0.0307 e. The van der Waals surface area contributed by atoms with Crippen molar-refractivity contribution >= 4 is 31.9 Å². The van der Waals surface area contributed by atoms with Crippen molar-refractivity contribution in [2.45, 2.75) is 19.0 Å². The minimum absolute atomic E-state index is 0.0862. The van der Waals surface area contributed by atoms with Crippen LogP contribution in [0.25, 0.3) is 0 Å². The molecule has 2 rings (SSSR count). The highest BCUT2D eigenvalue weighted by molar-refractivity contribution is 9.10. The Morgan fingerprint density at radius 2 is 1.76 bits per heavy atom. The van der Waals surface area contributed by atoms with Crippen LogP contribution in [0.1, 0.15) is 23.6 Å². The van der Waals surface area contributed by atoms with Gasteiger partial charge in [0.25, 0.3) is 0 Å². The molecule has 0 saturated carbocycles. The lowest BCUT2D eigenvalue weighted by atomic mass is 10.0. The van der Waals surface area contributed by atoms with E-state index < -0.39 is 0 Å². The molecule has 0 aliphatic rings. The fraction of sp³-hybridized carbons (Fsp3) is 0.294. The van der Waals surface area contributed by atoms with Gasteiger partial charge in [-0.3, -0.25) is 0 Å². The lowest BCUT2D eigenvalue weighted by Crippen LogP contribution is -2.23. The fourth-order valence-electron chi connectivity index (χ4n) is 2.26. The van der Waals surface area contributed by atoms with Crippen LogP contribution in [-0.2, 0) is 6.54 Å². The highest BCUT2D eigenvalue weighted by Gasteiger charge is 2.08.